The lowest BCUT2D eigenvalue weighted by Gasteiger charge is -2.11. The number of anilines is 1. The average Bonchev–Trinajstić information content (AvgIpc) is 3.16. The van der Waals surface area contributed by atoms with Crippen LogP contribution in [-0.2, 0) is 0 Å². The zero-order valence-corrected chi connectivity index (χ0v) is 12.9. The third-order valence-corrected chi connectivity index (χ3v) is 3.78. The second kappa shape index (κ2) is 6.00. The monoisotopic (exact) mass is 332 g/mol. The molecule has 0 aliphatic carbocycles. The van der Waals surface area contributed by atoms with Gasteiger partial charge in [0.1, 0.15) is 5.56 Å². The van der Waals surface area contributed by atoms with Crippen LogP contribution in [0, 0.1) is 0 Å². The SMILES string of the molecule is O=C(Nc1nnn[nH]1)c1cc(-c2ccccc2)c2ccccn2c1=O. The van der Waals surface area contributed by atoms with Gasteiger partial charge in [0.25, 0.3) is 11.5 Å². The summed E-state index contributed by atoms with van der Waals surface area (Å²) in [5.41, 5.74) is 1.99. The Bertz CT molecular complexity index is 1100. The molecule has 122 valence electrons. The minimum absolute atomic E-state index is 0.000969. The first-order valence-electron chi connectivity index (χ1n) is 7.49. The largest absolute Gasteiger partial charge is 0.289 e. The zero-order chi connectivity index (χ0) is 17.2. The van der Waals surface area contributed by atoms with Crippen molar-refractivity contribution in [3.05, 3.63) is 76.7 Å². The lowest BCUT2D eigenvalue weighted by Crippen LogP contribution is -2.26. The van der Waals surface area contributed by atoms with Crippen LogP contribution in [0.2, 0.25) is 0 Å². The van der Waals surface area contributed by atoms with Crippen LogP contribution >= 0.6 is 0 Å². The minimum Gasteiger partial charge on any atom is -0.289 e. The van der Waals surface area contributed by atoms with Crippen LogP contribution in [-0.4, -0.2) is 30.9 Å². The van der Waals surface area contributed by atoms with Crippen molar-refractivity contribution in [3.8, 4) is 11.1 Å². The number of aromatic amines is 1. The van der Waals surface area contributed by atoms with Crippen molar-refractivity contribution in [2.75, 3.05) is 5.32 Å². The fourth-order valence-electron chi connectivity index (χ4n) is 2.65. The molecule has 2 N–H and O–H groups in total. The fraction of sp³-hybridized carbons (Fsp3) is 0. The van der Waals surface area contributed by atoms with E-state index in [1.807, 2.05) is 42.5 Å². The molecule has 4 aromatic rings. The van der Waals surface area contributed by atoms with Crippen LogP contribution in [0.4, 0.5) is 5.95 Å². The first-order chi connectivity index (χ1) is 12.2. The highest BCUT2D eigenvalue weighted by Crippen LogP contribution is 2.24. The van der Waals surface area contributed by atoms with Gasteiger partial charge in [0.15, 0.2) is 0 Å². The summed E-state index contributed by atoms with van der Waals surface area (Å²) in [7, 11) is 0. The summed E-state index contributed by atoms with van der Waals surface area (Å²) in [4.78, 5) is 25.2. The number of carbonyl (C=O) groups excluding carboxylic acids is 1. The number of hydrogen-bond acceptors (Lipinski definition) is 5. The standard InChI is InChI=1S/C17H12N6O2/c24-15(18-17-19-21-22-20-17)13-10-12(11-6-2-1-3-7-11)14-8-4-5-9-23(14)16(13)25/h1-10H,(H2,18,19,20,21,22,24). The molecule has 3 heterocycles. The van der Waals surface area contributed by atoms with E-state index in [0.29, 0.717) is 0 Å². The second-order valence-corrected chi connectivity index (χ2v) is 5.30. The van der Waals surface area contributed by atoms with E-state index in [4.69, 9.17) is 0 Å². The van der Waals surface area contributed by atoms with Gasteiger partial charge in [0.05, 0.1) is 5.52 Å². The van der Waals surface area contributed by atoms with Gasteiger partial charge in [0.2, 0.25) is 5.95 Å². The Morgan fingerprint density at radius 2 is 1.88 bits per heavy atom. The number of aromatic nitrogens is 5. The molecule has 0 saturated heterocycles. The summed E-state index contributed by atoms with van der Waals surface area (Å²) >= 11 is 0. The number of carbonyl (C=O) groups is 1. The van der Waals surface area contributed by atoms with E-state index in [-0.39, 0.29) is 11.5 Å². The zero-order valence-electron chi connectivity index (χ0n) is 12.9. The molecular weight excluding hydrogens is 320 g/mol. The first-order valence-corrected chi connectivity index (χ1v) is 7.49. The molecule has 0 aliphatic heterocycles. The summed E-state index contributed by atoms with van der Waals surface area (Å²) in [5, 5.41) is 15.3. The van der Waals surface area contributed by atoms with Gasteiger partial charge in [0, 0.05) is 11.8 Å². The fourth-order valence-corrected chi connectivity index (χ4v) is 2.65. The Balaban J connectivity index is 1.92. The Kier molecular flexibility index (Phi) is 3.55. The normalized spacial score (nSPS) is 10.7. The molecule has 0 unspecified atom stereocenters. The second-order valence-electron chi connectivity index (χ2n) is 5.30. The third kappa shape index (κ3) is 2.65. The number of benzene rings is 1. The van der Waals surface area contributed by atoms with Gasteiger partial charge in [-0.05, 0) is 34.2 Å². The lowest BCUT2D eigenvalue weighted by molar-refractivity contribution is 0.102. The molecule has 0 saturated carbocycles. The van der Waals surface area contributed by atoms with E-state index in [2.05, 4.69) is 25.9 Å². The predicted octanol–water partition coefficient (Wildman–Crippen LogP) is 1.73. The van der Waals surface area contributed by atoms with Crippen molar-refractivity contribution in [3.63, 3.8) is 0 Å². The van der Waals surface area contributed by atoms with E-state index < -0.39 is 11.5 Å². The van der Waals surface area contributed by atoms with E-state index in [1.54, 1.807) is 18.3 Å². The van der Waals surface area contributed by atoms with Gasteiger partial charge in [-0.3, -0.25) is 19.3 Å². The number of fused-ring (bicyclic) bond motifs is 1. The Morgan fingerprint density at radius 1 is 1.08 bits per heavy atom. The van der Waals surface area contributed by atoms with Gasteiger partial charge in [-0.1, -0.05) is 41.5 Å². The summed E-state index contributed by atoms with van der Waals surface area (Å²) in [5.74, 6) is -0.511. The maximum atomic E-state index is 12.7. The number of tetrazole rings is 1. The number of nitrogens with zero attached hydrogens (tertiary/aromatic N) is 4. The number of pyridine rings is 2. The molecular formula is C17H12N6O2. The molecule has 8 nitrogen and oxygen atoms in total. The van der Waals surface area contributed by atoms with Gasteiger partial charge < -0.3 is 0 Å². The maximum absolute atomic E-state index is 12.7. The maximum Gasteiger partial charge on any atom is 0.267 e. The summed E-state index contributed by atoms with van der Waals surface area (Å²) in [6.07, 6.45) is 1.64. The van der Waals surface area contributed by atoms with Crippen LogP contribution in [0.25, 0.3) is 16.6 Å². The van der Waals surface area contributed by atoms with E-state index >= 15 is 0 Å². The average molecular weight is 332 g/mol. The highest BCUT2D eigenvalue weighted by Gasteiger charge is 2.17. The first kappa shape index (κ1) is 14.8. The van der Waals surface area contributed by atoms with Crippen molar-refractivity contribution < 1.29 is 4.79 Å². The summed E-state index contributed by atoms with van der Waals surface area (Å²) in [6, 6.07) is 16.6. The smallest absolute Gasteiger partial charge is 0.267 e. The molecule has 0 aliphatic rings. The predicted molar refractivity (Wildman–Crippen MR) is 91.2 cm³/mol. The number of hydrogen-bond donors (Lipinski definition) is 2. The van der Waals surface area contributed by atoms with Crippen molar-refractivity contribution in [2.45, 2.75) is 0 Å². The van der Waals surface area contributed by atoms with Crippen LogP contribution in [0.5, 0.6) is 0 Å². The minimum atomic E-state index is -0.584. The Morgan fingerprint density at radius 3 is 2.64 bits per heavy atom. The molecule has 0 bridgehead atoms. The lowest BCUT2D eigenvalue weighted by atomic mass is 10.0. The third-order valence-electron chi connectivity index (χ3n) is 3.78. The highest BCUT2D eigenvalue weighted by atomic mass is 16.2. The molecule has 8 heteroatoms. The van der Waals surface area contributed by atoms with E-state index in [0.717, 1.165) is 16.6 Å². The van der Waals surface area contributed by atoms with Gasteiger partial charge in [-0.15, -0.1) is 0 Å². The quantitative estimate of drug-likeness (QED) is 0.594. The summed E-state index contributed by atoms with van der Waals surface area (Å²) in [6.45, 7) is 0. The molecule has 4 rings (SSSR count). The van der Waals surface area contributed by atoms with Gasteiger partial charge in [-0.2, -0.15) is 0 Å². The van der Waals surface area contributed by atoms with Crippen LogP contribution in [0.1, 0.15) is 10.4 Å². The summed E-state index contributed by atoms with van der Waals surface area (Å²) < 4.78 is 1.45. The van der Waals surface area contributed by atoms with E-state index in [9.17, 15) is 9.59 Å². The van der Waals surface area contributed by atoms with Crippen molar-refractivity contribution in [1.29, 1.82) is 0 Å². The van der Waals surface area contributed by atoms with E-state index in [1.165, 1.54) is 4.40 Å². The van der Waals surface area contributed by atoms with Crippen LogP contribution in [0.3, 0.4) is 0 Å². The molecule has 3 aromatic heterocycles. The molecule has 0 fully saturated rings. The highest BCUT2D eigenvalue weighted by molar-refractivity contribution is 6.04. The van der Waals surface area contributed by atoms with Crippen LogP contribution in [0.15, 0.2) is 65.6 Å². The van der Waals surface area contributed by atoms with Gasteiger partial charge in [-0.25, -0.2) is 5.10 Å². The molecule has 1 aromatic carbocycles. The number of nitrogens with one attached hydrogen (secondary N) is 2. The number of rotatable bonds is 3. The van der Waals surface area contributed by atoms with Crippen molar-refractivity contribution in [1.82, 2.24) is 25.0 Å². The Labute approximate surface area is 141 Å². The molecule has 0 atom stereocenters. The molecule has 1 amide bonds. The molecule has 0 radical (unpaired) electrons. The van der Waals surface area contributed by atoms with Crippen molar-refractivity contribution >= 4 is 17.4 Å². The number of amides is 1. The van der Waals surface area contributed by atoms with Gasteiger partial charge >= 0.3 is 0 Å². The topological polar surface area (TPSA) is 105 Å². The molecule has 25 heavy (non-hydrogen) atoms. The van der Waals surface area contributed by atoms with Crippen LogP contribution < -0.4 is 10.9 Å². The number of H-pyrrole nitrogens is 1. The van der Waals surface area contributed by atoms with Crippen molar-refractivity contribution in [2.24, 2.45) is 0 Å². The molecule has 0 spiro atoms. The Hall–Kier alpha value is -3.81.